The maximum Gasteiger partial charge on any atom is 0.224 e. The second-order valence-corrected chi connectivity index (χ2v) is 14.1. The summed E-state index contributed by atoms with van der Waals surface area (Å²) in [6.45, 7) is 13.5. The van der Waals surface area contributed by atoms with Crippen LogP contribution in [0.4, 0.5) is 11.8 Å². The predicted molar refractivity (Wildman–Crippen MR) is 114 cm³/mol. The average molecular weight is 407 g/mol. The van der Waals surface area contributed by atoms with Gasteiger partial charge in [-0.1, -0.05) is 34.1 Å². The van der Waals surface area contributed by atoms with Gasteiger partial charge in [-0.25, -0.2) is 4.98 Å². The van der Waals surface area contributed by atoms with Crippen molar-refractivity contribution >= 4 is 31.2 Å². The van der Waals surface area contributed by atoms with Gasteiger partial charge in [0.05, 0.1) is 24.6 Å². The van der Waals surface area contributed by atoms with Crippen LogP contribution in [-0.4, -0.2) is 47.2 Å². The number of methoxy groups -OCH3 is 1. The molecule has 9 heteroatoms. The van der Waals surface area contributed by atoms with Crippen molar-refractivity contribution in [2.24, 2.45) is 5.92 Å². The Morgan fingerprint density at radius 2 is 1.89 bits per heavy atom. The van der Waals surface area contributed by atoms with Gasteiger partial charge < -0.3 is 25.2 Å². The fourth-order valence-corrected chi connectivity index (χ4v) is 5.25. The summed E-state index contributed by atoms with van der Waals surface area (Å²) in [5.41, 5.74) is 13.1. The Morgan fingerprint density at radius 1 is 1.21 bits per heavy atom. The van der Waals surface area contributed by atoms with Gasteiger partial charge in [0, 0.05) is 7.11 Å². The molecule has 0 aliphatic heterocycles. The van der Waals surface area contributed by atoms with Crippen LogP contribution in [-0.2, 0) is 9.16 Å². The number of nitrogen functional groups attached to an aromatic ring is 2. The summed E-state index contributed by atoms with van der Waals surface area (Å²) >= 11 is 0. The molecule has 156 valence electrons. The molecule has 0 unspecified atom stereocenters. The molecule has 1 fully saturated rings. The minimum absolute atomic E-state index is 0.0260. The number of hydrogen-bond acceptors (Lipinski definition) is 7. The summed E-state index contributed by atoms with van der Waals surface area (Å²) in [5.74, 6) is 0.858. The summed E-state index contributed by atoms with van der Waals surface area (Å²) in [6, 6.07) is 0.0581. The number of fused-ring (bicyclic) bond motifs is 1. The molecule has 0 saturated heterocycles. The molecule has 2 aromatic rings. The minimum atomic E-state index is -2.01. The maximum absolute atomic E-state index is 6.90. The second kappa shape index (κ2) is 7.27. The van der Waals surface area contributed by atoms with Crippen molar-refractivity contribution < 1.29 is 9.16 Å². The van der Waals surface area contributed by atoms with E-state index in [0.29, 0.717) is 22.9 Å². The molecule has 3 rings (SSSR count). The Labute approximate surface area is 168 Å². The third-order valence-electron chi connectivity index (χ3n) is 6.57. The quantitative estimate of drug-likeness (QED) is 0.732. The molecule has 4 N–H and O–H groups in total. The van der Waals surface area contributed by atoms with Crippen LogP contribution in [0.25, 0.3) is 11.2 Å². The molecule has 2 aromatic heterocycles. The van der Waals surface area contributed by atoms with Gasteiger partial charge in [-0.15, -0.1) is 0 Å². The molecule has 0 aromatic carbocycles. The number of nitrogens with zero attached hydrogens (tertiary/aromatic N) is 4. The van der Waals surface area contributed by atoms with E-state index in [1.807, 2.05) is 0 Å². The van der Waals surface area contributed by atoms with Crippen molar-refractivity contribution in [2.45, 2.75) is 76.9 Å². The third kappa shape index (κ3) is 3.51. The van der Waals surface area contributed by atoms with E-state index < -0.39 is 8.32 Å². The molecule has 2 heterocycles. The van der Waals surface area contributed by atoms with E-state index in [4.69, 9.17) is 20.6 Å². The Kier molecular flexibility index (Phi) is 5.46. The van der Waals surface area contributed by atoms with E-state index in [2.05, 4.69) is 60.3 Å². The number of nitrogens with two attached hydrogens (primary N) is 2. The molecule has 0 spiro atoms. The Morgan fingerprint density at radius 3 is 2.46 bits per heavy atom. The van der Waals surface area contributed by atoms with Crippen molar-refractivity contribution in [2.75, 3.05) is 18.6 Å². The zero-order valence-electron chi connectivity index (χ0n) is 18.1. The van der Waals surface area contributed by atoms with Gasteiger partial charge >= 0.3 is 0 Å². The van der Waals surface area contributed by atoms with Gasteiger partial charge in [0.1, 0.15) is 5.52 Å². The number of anilines is 2. The van der Waals surface area contributed by atoms with E-state index in [1.54, 1.807) is 13.4 Å². The van der Waals surface area contributed by atoms with E-state index >= 15 is 0 Å². The molecule has 1 aliphatic carbocycles. The van der Waals surface area contributed by atoms with E-state index in [-0.39, 0.29) is 29.2 Å². The van der Waals surface area contributed by atoms with Crippen LogP contribution in [0.1, 0.15) is 46.6 Å². The Balaban J connectivity index is 2.07. The first-order chi connectivity index (χ1) is 13.0. The number of rotatable bonds is 5. The second-order valence-electron chi connectivity index (χ2n) is 9.31. The SMILES string of the molecule is CC[C@H]1C[C@@H](n2cnc3c(N)nc(N)nc32)[C@H](O[Si](C)(C)C(C)(C)C)[C@@H]1OC. The van der Waals surface area contributed by atoms with Crippen LogP contribution in [0.2, 0.25) is 18.1 Å². The molecule has 0 amide bonds. The van der Waals surface area contributed by atoms with Crippen LogP contribution in [0.3, 0.4) is 0 Å². The molecule has 28 heavy (non-hydrogen) atoms. The lowest BCUT2D eigenvalue weighted by atomic mass is 10.0. The summed E-state index contributed by atoms with van der Waals surface area (Å²) in [5, 5.41) is 0.105. The van der Waals surface area contributed by atoms with Gasteiger partial charge in [0.2, 0.25) is 5.95 Å². The van der Waals surface area contributed by atoms with E-state index in [9.17, 15) is 0 Å². The highest BCUT2D eigenvalue weighted by Crippen LogP contribution is 2.46. The normalized spacial score (nSPS) is 26.2. The lowest BCUT2D eigenvalue weighted by Gasteiger charge is -2.41. The zero-order valence-corrected chi connectivity index (χ0v) is 19.1. The zero-order chi connectivity index (χ0) is 20.9. The van der Waals surface area contributed by atoms with Crippen molar-refractivity contribution in [3.05, 3.63) is 6.33 Å². The minimum Gasteiger partial charge on any atom is -0.409 e. The Hall–Kier alpha value is -1.71. The van der Waals surface area contributed by atoms with Crippen molar-refractivity contribution in [1.82, 2.24) is 19.5 Å². The number of hydrogen-bond donors (Lipinski definition) is 2. The Bertz CT molecular complexity index is 847. The van der Waals surface area contributed by atoms with Gasteiger partial charge in [-0.3, -0.25) is 0 Å². The van der Waals surface area contributed by atoms with Crippen LogP contribution in [0.5, 0.6) is 0 Å². The topological polar surface area (TPSA) is 114 Å². The largest absolute Gasteiger partial charge is 0.409 e. The molecule has 1 aliphatic rings. The van der Waals surface area contributed by atoms with Crippen molar-refractivity contribution in [3.63, 3.8) is 0 Å². The van der Waals surface area contributed by atoms with Crippen LogP contribution >= 0.6 is 0 Å². The third-order valence-corrected chi connectivity index (χ3v) is 11.0. The standard InChI is InChI=1S/C19H34N6O2Si/c1-8-11-9-12(15(14(11)26-5)27-28(6,7)19(2,3)4)25-10-22-13-16(20)23-18(21)24-17(13)25/h10-12,14-15H,8-9H2,1-7H3,(H4,20,21,23,24)/t11-,12+,14+,15-/m0/s1. The van der Waals surface area contributed by atoms with Gasteiger partial charge in [-0.2, -0.15) is 9.97 Å². The highest BCUT2D eigenvalue weighted by molar-refractivity contribution is 6.74. The highest BCUT2D eigenvalue weighted by Gasteiger charge is 2.49. The van der Waals surface area contributed by atoms with Gasteiger partial charge in [-0.05, 0) is 30.5 Å². The van der Waals surface area contributed by atoms with Crippen molar-refractivity contribution in [1.29, 1.82) is 0 Å². The fourth-order valence-electron chi connectivity index (χ4n) is 3.92. The van der Waals surface area contributed by atoms with Gasteiger partial charge in [0.25, 0.3) is 0 Å². The van der Waals surface area contributed by atoms with E-state index in [0.717, 1.165) is 12.8 Å². The average Bonchev–Trinajstić information content (AvgIpc) is 3.14. The van der Waals surface area contributed by atoms with Crippen LogP contribution in [0.15, 0.2) is 6.33 Å². The van der Waals surface area contributed by atoms with Crippen LogP contribution < -0.4 is 11.5 Å². The van der Waals surface area contributed by atoms with Crippen LogP contribution in [0, 0.1) is 5.92 Å². The molecule has 8 nitrogen and oxygen atoms in total. The lowest BCUT2D eigenvalue weighted by molar-refractivity contribution is -0.0173. The van der Waals surface area contributed by atoms with Gasteiger partial charge in [0.15, 0.2) is 19.8 Å². The molecular formula is C19H34N6O2Si. The number of aromatic nitrogens is 4. The van der Waals surface area contributed by atoms with Crippen molar-refractivity contribution in [3.8, 4) is 0 Å². The summed E-state index contributed by atoms with van der Waals surface area (Å²) in [7, 11) is -0.230. The number of imidazole rings is 1. The molecular weight excluding hydrogens is 372 g/mol. The molecule has 0 bridgehead atoms. The molecule has 0 radical (unpaired) electrons. The molecule has 1 saturated carbocycles. The summed E-state index contributed by atoms with van der Waals surface area (Å²) in [4.78, 5) is 12.9. The summed E-state index contributed by atoms with van der Waals surface area (Å²) < 4.78 is 14.9. The fraction of sp³-hybridized carbons (Fsp3) is 0.737. The first kappa shape index (κ1) is 21.0. The smallest absolute Gasteiger partial charge is 0.224 e. The molecule has 4 atom stereocenters. The maximum atomic E-state index is 6.90. The van der Waals surface area contributed by atoms with E-state index in [1.165, 1.54) is 0 Å². The monoisotopic (exact) mass is 406 g/mol. The summed E-state index contributed by atoms with van der Waals surface area (Å²) in [6.07, 6.45) is 3.69. The first-order valence-corrected chi connectivity index (χ1v) is 12.9. The highest BCUT2D eigenvalue weighted by atomic mass is 28.4. The lowest BCUT2D eigenvalue weighted by Crippen LogP contribution is -2.48. The predicted octanol–water partition coefficient (Wildman–Crippen LogP) is 3.37. The number of ether oxygens (including phenoxy) is 1. The first-order valence-electron chi connectivity index (χ1n) is 9.96.